The van der Waals surface area contributed by atoms with Gasteiger partial charge in [-0.3, -0.25) is 9.78 Å². The number of halogens is 1. The molecule has 36 heavy (non-hydrogen) atoms. The highest BCUT2D eigenvalue weighted by atomic mass is 35.5. The number of aryl methyl sites for hydroxylation is 1. The zero-order valence-corrected chi connectivity index (χ0v) is 21.9. The third-order valence-corrected chi connectivity index (χ3v) is 7.19. The summed E-state index contributed by atoms with van der Waals surface area (Å²) in [6, 6.07) is 15.7. The zero-order chi connectivity index (χ0) is 25.6. The number of nitrogens with zero attached hydrogens (tertiary/aromatic N) is 4. The number of para-hydroxylation sites is 1. The molecule has 2 aromatic heterocycles. The van der Waals surface area contributed by atoms with Gasteiger partial charge in [0.05, 0.1) is 23.5 Å². The summed E-state index contributed by atoms with van der Waals surface area (Å²) in [4.78, 5) is 19.7. The summed E-state index contributed by atoms with van der Waals surface area (Å²) in [5.41, 5.74) is 6.73. The number of methoxy groups -OCH3 is 1. The minimum absolute atomic E-state index is 0.103. The van der Waals surface area contributed by atoms with Crippen molar-refractivity contribution in [1.82, 2.24) is 19.7 Å². The minimum Gasteiger partial charge on any atom is -0.496 e. The predicted octanol–water partition coefficient (Wildman–Crippen LogP) is 6.23. The summed E-state index contributed by atoms with van der Waals surface area (Å²) >= 11 is 6.64. The molecular weight excluding hydrogens is 472 g/mol. The van der Waals surface area contributed by atoms with E-state index in [4.69, 9.17) is 21.4 Å². The lowest BCUT2D eigenvalue weighted by molar-refractivity contribution is 0.0648. The van der Waals surface area contributed by atoms with Crippen LogP contribution in [0.25, 0.3) is 28.1 Å². The van der Waals surface area contributed by atoms with Gasteiger partial charge >= 0.3 is 0 Å². The molecule has 2 aromatic carbocycles. The first-order valence-corrected chi connectivity index (χ1v) is 12.3. The predicted molar refractivity (Wildman–Crippen MR) is 143 cm³/mol. The van der Waals surface area contributed by atoms with Crippen LogP contribution in [-0.4, -0.2) is 45.3 Å². The number of carbonyl (C=O) groups excluding carboxylic acids is 1. The van der Waals surface area contributed by atoms with Crippen LogP contribution in [0.3, 0.4) is 0 Å². The number of carbonyl (C=O) groups is 1. The second-order valence-electron chi connectivity index (χ2n) is 10.0. The first kappa shape index (κ1) is 24.1. The second-order valence-corrected chi connectivity index (χ2v) is 10.4. The van der Waals surface area contributed by atoms with Crippen LogP contribution in [0.1, 0.15) is 42.4 Å². The fourth-order valence-corrected chi connectivity index (χ4v) is 4.84. The molecule has 0 unspecified atom stereocenters. The van der Waals surface area contributed by atoms with Crippen LogP contribution in [0.15, 0.2) is 60.9 Å². The number of hydrogen-bond donors (Lipinski definition) is 0. The van der Waals surface area contributed by atoms with Crippen molar-refractivity contribution in [3.63, 3.8) is 0 Å². The van der Waals surface area contributed by atoms with Crippen LogP contribution in [0.5, 0.6) is 5.75 Å². The van der Waals surface area contributed by atoms with Gasteiger partial charge in [0.2, 0.25) is 0 Å². The molecule has 0 saturated carbocycles. The van der Waals surface area contributed by atoms with E-state index >= 15 is 0 Å². The van der Waals surface area contributed by atoms with Crippen LogP contribution in [0.2, 0.25) is 5.02 Å². The third kappa shape index (κ3) is 4.05. The van der Waals surface area contributed by atoms with Gasteiger partial charge in [0, 0.05) is 47.2 Å². The molecule has 1 aliphatic rings. The number of pyridine rings is 1. The van der Waals surface area contributed by atoms with E-state index in [1.54, 1.807) is 18.2 Å². The van der Waals surface area contributed by atoms with E-state index in [-0.39, 0.29) is 11.4 Å². The molecule has 0 fully saturated rings. The number of aromatic nitrogens is 3. The molecule has 7 heteroatoms. The van der Waals surface area contributed by atoms with Crippen molar-refractivity contribution in [2.75, 3.05) is 14.2 Å². The Hall–Kier alpha value is -3.64. The summed E-state index contributed by atoms with van der Waals surface area (Å²) in [5, 5.41) is 5.47. The van der Waals surface area contributed by atoms with Gasteiger partial charge < -0.3 is 9.64 Å². The Balaban J connectivity index is 1.79. The van der Waals surface area contributed by atoms with Crippen molar-refractivity contribution < 1.29 is 9.53 Å². The van der Waals surface area contributed by atoms with Crippen molar-refractivity contribution in [2.45, 2.75) is 39.2 Å². The molecule has 1 aliphatic carbocycles. The third-order valence-electron chi connectivity index (χ3n) is 6.87. The fourth-order valence-electron chi connectivity index (χ4n) is 4.62. The van der Waals surface area contributed by atoms with Crippen LogP contribution < -0.4 is 4.74 Å². The van der Waals surface area contributed by atoms with Crippen molar-refractivity contribution in [3.8, 4) is 33.8 Å². The van der Waals surface area contributed by atoms with Crippen LogP contribution >= 0.6 is 11.6 Å². The quantitative estimate of drug-likeness (QED) is 0.333. The second kappa shape index (κ2) is 9.10. The maximum atomic E-state index is 13.7. The lowest BCUT2D eigenvalue weighted by atomic mass is 9.86. The summed E-state index contributed by atoms with van der Waals surface area (Å²) in [6.07, 6.45) is 5.05. The van der Waals surface area contributed by atoms with E-state index < -0.39 is 0 Å². The average molecular weight is 501 g/mol. The highest BCUT2D eigenvalue weighted by Crippen LogP contribution is 2.43. The van der Waals surface area contributed by atoms with Crippen LogP contribution in [-0.2, 0) is 12.8 Å². The van der Waals surface area contributed by atoms with Gasteiger partial charge in [-0.2, -0.15) is 5.10 Å². The molecule has 0 spiro atoms. The van der Waals surface area contributed by atoms with E-state index in [0.717, 1.165) is 51.4 Å². The Morgan fingerprint density at radius 1 is 1.08 bits per heavy atom. The Kier molecular flexibility index (Phi) is 6.08. The molecule has 184 valence electrons. The van der Waals surface area contributed by atoms with Gasteiger partial charge in [-0.1, -0.05) is 29.8 Å². The first-order valence-electron chi connectivity index (χ1n) is 12.0. The van der Waals surface area contributed by atoms with Crippen molar-refractivity contribution in [3.05, 3.63) is 82.8 Å². The van der Waals surface area contributed by atoms with Crippen molar-refractivity contribution in [2.24, 2.45) is 0 Å². The van der Waals surface area contributed by atoms with Crippen molar-refractivity contribution >= 4 is 17.5 Å². The summed E-state index contributed by atoms with van der Waals surface area (Å²) in [6.45, 7) is 6.05. The zero-order valence-electron chi connectivity index (χ0n) is 21.2. The van der Waals surface area contributed by atoms with Crippen LogP contribution in [0.4, 0.5) is 0 Å². The van der Waals surface area contributed by atoms with E-state index in [2.05, 4.69) is 17.1 Å². The molecule has 0 aliphatic heterocycles. The molecule has 0 bridgehead atoms. The van der Waals surface area contributed by atoms with E-state index in [0.29, 0.717) is 17.1 Å². The van der Waals surface area contributed by atoms with E-state index in [9.17, 15) is 4.79 Å². The minimum atomic E-state index is -0.342. The Morgan fingerprint density at radius 2 is 1.86 bits per heavy atom. The standard InChI is InChI=1S/C29H29ClN4O2/c1-29(2,3)33(4)28(35)26-20-13-12-18-15-25(36-5)21(19-9-8-14-31-17-19)16-22(18)27(20)34(32-26)24-11-7-6-10-23(24)30/h6-11,14-17H,12-13H2,1-5H3. The number of rotatable bonds is 4. The molecule has 1 amide bonds. The number of ether oxygens (including phenoxy) is 1. The SMILES string of the molecule is COc1cc2c(cc1-c1cccnc1)-c1c(c(C(=O)N(C)C(C)(C)C)nn1-c1ccccc1Cl)CC2. The smallest absolute Gasteiger partial charge is 0.274 e. The number of benzene rings is 2. The number of hydrogen-bond acceptors (Lipinski definition) is 4. The van der Waals surface area contributed by atoms with Gasteiger partial charge in [-0.05, 0) is 69.5 Å². The normalized spacial score (nSPS) is 12.6. The average Bonchev–Trinajstić information content (AvgIpc) is 3.27. The molecule has 0 radical (unpaired) electrons. The Morgan fingerprint density at radius 3 is 2.53 bits per heavy atom. The Bertz CT molecular complexity index is 1450. The maximum Gasteiger partial charge on any atom is 0.274 e. The summed E-state index contributed by atoms with van der Waals surface area (Å²) in [5.74, 6) is 0.687. The molecule has 0 N–H and O–H groups in total. The van der Waals surface area contributed by atoms with Gasteiger partial charge in [0.25, 0.3) is 5.91 Å². The maximum absolute atomic E-state index is 13.7. The number of amides is 1. The number of fused-ring (bicyclic) bond motifs is 3. The molecule has 0 saturated heterocycles. The Labute approximate surface area is 216 Å². The highest BCUT2D eigenvalue weighted by Gasteiger charge is 2.34. The molecule has 4 aromatic rings. The van der Waals surface area contributed by atoms with E-state index in [1.807, 2.05) is 75.1 Å². The van der Waals surface area contributed by atoms with Gasteiger partial charge in [-0.25, -0.2) is 4.68 Å². The molecule has 0 atom stereocenters. The topological polar surface area (TPSA) is 60.2 Å². The largest absolute Gasteiger partial charge is 0.496 e. The monoisotopic (exact) mass is 500 g/mol. The molecular formula is C29H29ClN4O2. The molecule has 6 nitrogen and oxygen atoms in total. The highest BCUT2D eigenvalue weighted by molar-refractivity contribution is 6.32. The molecule has 5 rings (SSSR count). The lowest BCUT2D eigenvalue weighted by Crippen LogP contribution is -2.43. The summed E-state index contributed by atoms with van der Waals surface area (Å²) in [7, 11) is 3.51. The van der Waals surface area contributed by atoms with Crippen molar-refractivity contribution in [1.29, 1.82) is 0 Å². The fraction of sp³-hybridized carbons (Fsp3) is 0.276. The van der Waals surface area contributed by atoms with Crippen LogP contribution in [0, 0.1) is 0 Å². The van der Waals surface area contributed by atoms with E-state index in [1.165, 1.54) is 0 Å². The lowest BCUT2D eigenvalue weighted by Gasteiger charge is -2.31. The van der Waals surface area contributed by atoms with Gasteiger partial charge in [0.15, 0.2) is 5.69 Å². The van der Waals surface area contributed by atoms with Gasteiger partial charge in [0.1, 0.15) is 5.75 Å². The van der Waals surface area contributed by atoms with Gasteiger partial charge in [-0.15, -0.1) is 0 Å². The first-order chi connectivity index (χ1) is 17.2. The summed E-state index contributed by atoms with van der Waals surface area (Å²) < 4.78 is 7.60. The molecule has 2 heterocycles.